The molecule has 90 valence electrons. The van der Waals surface area contributed by atoms with Crippen molar-refractivity contribution in [2.45, 2.75) is 25.4 Å². The second-order valence-corrected chi connectivity index (χ2v) is 3.58. The molecule has 0 bridgehead atoms. The smallest absolute Gasteiger partial charge is 0.397 e. The Bertz CT molecular complexity index is 338. The first-order valence-corrected chi connectivity index (χ1v) is 5.07. The Balaban J connectivity index is 3.12. The molecule has 0 fully saturated rings. The normalized spacial score (nSPS) is 28.4. The Kier molecular flexibility index (Phi) is 4.04. The number of alkyl halides is 3. The maximum absolute atomic E-state index is 12.6. The summed E-state index contributed by atoms with van der Waals surface area (Å²) in [5.74, 6) is 0. The summed E-state index contributed by atoms with van der Waals surface area (Å²) in [6.45, 7) is 0. The average Bonchev–Trinajstić information content (AvgIpc) is 2.27. The van der Waals surface area contributed by atoms with Gasteiger partial charge in [-0.3, -0.25) is 0 Å². The number of halogens is 3. The lowest BCUT2D eigenvalue weighted by atomic mass is 10.1. The quantitative estimate of drug-likeness (QED) is 0.729. The van der Waals surface area contributed by atoms with E-state index in [1.54, 1.807) is 7.05 Å². The molecule has 0 radical (unpaired) electrons. The van der Waals surface area contributed by atoms with E-state index in [1.807, 2.05) is 0 Å². The molecule has 0 spiro atoms. The van der Waals surface area contributed by atoms with E-state index in [-0.39, 0.29) is 5.70 Å². The monoisotopic (exact) mass is 232 g/mol. The Morgan fingerprint density at radius 1 is 1.38 bits per heavy atom. The van der Waals surface area contributed by atoms with Gasteiger partial charge in [-0.05, 0) is 25.3 Å². The van der Waals surface area contributed by atoms with Crippen LogP contribution in [0, 0.1) is 0 Å². The molecule has 0 aliphatic heterocycles. The van der Waals surface area contributed by atoms with Gasteiger partial charge >= 0.3 is 6.18 Å². The minimum atomic E-state index is -4.36. The van der Waals surface area contributed by atoms with Gasteiger partial charge in [0, 0.05) is 12.7 Å². The van der Waals surface area contributed by atoms with Gasteiger partial charge in [0.1, 0.15) is 0 Å². The van der Waals surface area contributed by atoms with Crippen molar-refractivity contribution in [3.63, 3.8) is 0 Å². The first-order valence-electron chi connectivity index (χ1n) is 5.07. The first kappa shape index (κ1) is 12.7. The zero-order valence-electron chi connectivity index (χ0n) is 9.06. The van der Waals surface area contributed by atoms with Crippen LogP contribution < -0.4 is 11.1 Å². The lowest BCUT2D eigenvalue weighted by Crippen LogP contribution is -2.15. The maximum Gasteiger partial charge on any atom is 0.416 e. The van der Waals surface area contributed by atoms with E-state index in [4.69, 9.17) is 5.73 Å². The molecule has 0 aromatic heterocycles. The van der Waals surface area contributed by atoms with E-state index in [0.717, 1.165) is 18.6 Å². The molecule has 0 aromatic rings. The summed E-state index contributed by atoms with van der Waals surface area (Å²) in [4.78, 5) is 0. The van der Waals surface area contributed by atoms with E-state index < -0.39 is 11.7 Å². The van der Waals surface area contributed by atoms with Crippen molar-refractivity contribution >= 4 is 0 Å². The zero-order chi connectivity index (χ0) is 12.2. The Hall–Kier alpha value is -1.39. The SMILES string of the molecule is CN/C1=C(N)/C=C(C(F)(F)F)\C=C\CCC1. The van der Waals surface area contributed by atoms with Crippen molar-refractivity contribution in [1.82, 2.24) is 5.32 Å². The predicted molar refractivity (Wildman–Crippen MR) is 57.4 cm³/mol. The summed E-state index contributed by atoms with van der Waals surface area (Å²) in [7, 11) is 1.66. The number of nitrogens with two attached hydrogens (primary N) is 1. The molecule has 5 heteroatoms. The molecule has 0 aromatic carbocycles. The lowest BCUT2D eigenvalue weighted by molar-refractivity contribution is -0.0882. The van der Waals surface area contributed by atoms with E-state index in [0.29, 0.717) is 18.5 Å². The van der Waals surface area contributed by atoms with Crippen LogP contribution in [0.1, 0.15) is 19.3 Å². The largest absolute Gasteiger partial charge is 0.416 e. The summed E-state index contributed by atoms with van der Waals surface area (Å²) in [6, 6.07) is 0. The highest BCUT2D eigenvalue weighted by Gasteiger charge is 2.31. The van der Waals surface area contributed by atoms with E-state index in [1.165, 1.54) is 6.08 Å². The number of nitrogens with one attached hydrogen (secondary N) is 1. The van der Waals surface area contributed by atoms with Crippen molar-refractivity contribution in [1.29, 1.82) is 0 Å². The minimum absolute atomic E-state index is 0.154. The van der Waals surface area contributed by atoms with Crippen molar-refractivity contribution < 1.29 is 13.2 Å². The highest BCUT2D eigenvalue weighted by atomic mass is 19.4. The molecule has 3 N–H and O–H groups in total. The van der Waals surface area contributed by atoms with Crippen LogP contribution in [0.2, 0.25) is 0 Å². The topological polar surface area (TPSA) is 38.0 Å². The van der Waals surface area contributed by atoms with Crippen molar-refractivity contribution in [2.75, 3.05) is 7.05 Å². The van der Waals surface area contributed by atoms with E-state index >= 15 is 0 Å². The summed E-state index contributed by atoms with van der Waals surface area (Å²) in [6.07, 6.45) is 1.31. The molecule has 0 saturated heterocycles. The van der Waals surface area contributed by atoms with Crippen LogP contribution >= 0.6 is 0 Å². The van der Waals surface area contributed by atoms with Crippen molar-refractivity contribution in [2.24, 2.45) is 5.73 Å². The Labute approximate surface area is 92.7 Å². The fourth-order valence-electron chi connectivity index (χ4n) is 1.50. The molecule has 0 heterocycles. The van der Waals surface area contributed by atoms with Gasteiger partial charge in [-0.1, -0.05) is 12.2 Å². The molecular formula is C11H15F3N2. The molecule has 1 aliphatic rings. The number of hydrogen-bond donors (Lipinski definition) is 2. The molecule has 2 nitrogen and oxygen atoms in total. The van der Waals surface area contributed by atoms with Crippen LogP contribution in [-0.2, 0) is 0 Å². The third kappa shape index (κ3) is 3.32. The molecule has 0 saturated carbocycles. The maximum atomic E-state index is 12.6. The van der Waals surface area contributed by atoms with E-state index in [2.05, 4.69) is 5.32 Å². The highest BCUT2D eigenvalue weighted by Crippen LogP contribution is 2.28. The van der Waals surface area contributed by atoms with Crippen LogP contribution in [0.3, 0.4) is 0 Å². The van der Waals surface area contributed by atoms with Gasteiger partial charge in [-0.15, -0.1) is 0 Å². The number of hydrogen-bond acceptors (Lipinski definition) is 2. The second-order valence-electron chi connectivity index (χ2n) is 3.58. The zero-order valence-corrected chi connectivity index (χ0v) is 9.06. The predicted octanol–water partition coefficient (Wildman–Crippen LogP) is 2.60. The van der Waals surface area contributed by atoms with Crippen molar-refractivity contribution in [3.8, 4) is 0 Å². The molecular weight excluding hydrogens is 217 g/mol. The second kappa shape index (κ2) is 5.09. The number of allylic oxidation sites excluding steroid dienone is 5. The molecule has 0 unspecified atom stereocenters. The van der Waals surface area contributed by atoms with Gasteiger partial charge in [0.05, 0.1) is 11.3 Å². The molecule has 16 heavy (non-hydrogen) atoms. The van der Waals surface area contributed by atoms with Crippen molar-refractivity contribution in [3.05, 3.63) is 35.2 Å². The van der Waals surface area contributed by atoms with Crippen LogP contribution in [0.15, 0.2) is 35.2 Å². The van der Waals surface area contributed by atoms with Gasteiger partial charge in [-0.25, -0.2) is 0 Å². The summed E-state index contributed by atoms with van der Waals surface area (Å²) in [5, 5.41) is 2.84. The van der Waals surface area contributed by atoms with Crippen LogP contribution in [0.25, 0.3) is 0 Å². The summed E-state index contributed by atoms with van der Waals surface area (Å²) in [5.41, 5.74) is 5.73. The van der Waals surface area contributed by atoms with Gasteiger partial charge < -0.3 is 11.1 Å². The Morgan fingerprint density at radius 3 is 2.62 bits per heavy atom. The first-order chi connectivity index (χ1) is 7.45. The fourth-order valence-corrected chi connectivity index (χ4v) is 1.50. The van der Waals surface area contributed by atoms with Gasteiger partial charge in [-0.2, -0.15) is 13.2 Å². The summed E-state index contributed by atoms with van der Waals surface area (Å²) < 4.78 is 37.7. The average molecular weight is 232 g/mol. The van der Waals surface area contributed by atoms with Gasteiger partial charge in [0.25, 0.3) is 0 Å². The van der Waals surface area contributed by atoms with Crippen LogP contribution in [-0.4, -0.2) is 13.2 Å². The summed E-state index contributed by atoms with van der Waals surface area (Å²) >= 11 is 0. The molecule has 1 aliphatic carbocycles. The van der Waals surface area contributed by atoms with Crippen LogP contribution in [0.4, 0.5) is 13.2 Å². The fraction of sp³-hybridized carbons (Fsp3) is 0.455. The number of rotatable bonds is 1. The minimum Gasteiger partial charge on any atom is -0.397 e. The third-order valence-electron chi connectivity index (χ3n) is 2.38. The molecule has 1 rings (SSSR count). The lowest BCUT2D eigenvalue weighted by Gasteiger charge is -2.10. The van der Waals surface area contributed by atoms with E-state index in [9.17, 15) is 13.2 Å². The van der Waals surface area contributed by atoms with Crippen LogP contribution in [0.5, 0.6) is 0 Å². The third-order valence-corrected chi connectivity index (χ3v) is 2.38. The van der Waals surface area contributed by atoms with Gasteiger partial charge in [0.2, 0.25) is 0 Å². The highest BCUT2D eigenvalue weighted by molar-refractivity contribution is 5.34. The standard InChI is InChI=1S/C11H15F3N2/c1-16-10-6-4-2-3-5-8(7-9(10)15)11(12,13)14/h3,5,7,16H,2,4,6,15H2,1H3/b5-3+,8-7+,10-9-. The van der Waals surface area contributed by atoms with Gasteiger partial charge in [0.15, 0.2) is 0 Å². The molecule has 0 atom stereocenters. The Morgan fingerprint density at radius 2 is 2.06 bits per heavy atom. The molecule has 0 amide bonds.